The molecule has 2 N–H and O–H groups in total. The summed E-state index contributed by atoms with van der Waals surface area (Å²) in [5.41, 5.74) is 3.80. The third kappa shape index (κ3) is 7.99. The van der Waals surface area contributed by atoms with Crippen LogP contribution in [0.4, 0.5) is 0 Å². The summed E-state index contributed by atoms with van der Waals surface area (Å²) in [6.45, 7) is 8.64. The molecule has 0 atom stereocenters. The first-order valence-corrected chi connectivity index (χ1v) is 8.72. The van der Waals surface area contributed by atoms with Crippen LogP contribution in [-0.4, -0.2) is 32.1 Å². The Hall–Kier alpha value is -2.04. The minimum Gasteiger partial charge on any atom is -0.469 e. The zero-order valence-corrected chi connectivity index (χ0v) is 15.4. The number of aliphatic imine (C=N–C) groups is 1. The fourth-order valence-corrected chi connectivity index (χ4v) is 2.41. The molecule has 0 amide bonds. The molecule has 5 nitrogen and oxygen atoms in total. The fraction of sp³-hybridized carbons (Fsp3) is 0.579. The predicted molar refractivity (Wildman–Crippen MR) is 99.2 cm³/mol. The van der Waals surface area contributed by atoms with Gasteiger partial charge in [-0.3, -0.25) is 4.79 Å². The van der Waals surface area contributed by atoms with E-state index in [9.17, 15) is 4.79 Å². The van der Waals surface area contributed by atoms with E-state index in [-0.39, 0.29) is 5.97 Å². The molecule has 0 spiro atoms. The monoisotopic (exact) mass is 333 g/mol. The third-order valence-corrected chi connectivity index (χ3v) is 3.83. The van der Waals surface area contributed by atoms with Crippen molar-refractivity contribution in [2.24, 2.45) is 4.99 Å². The summed E-state index contributed by atoms with van der Waals surface area (Å²) in [5.74, 6) is 0.705. The van der Waals surface area contributed by atoms with Crippen LogP contribution in [0.2, 0.25) is 0 Å². The van der Waals surface area contributed by atoms with E-state index in [1.165, 1.54) is 23.8 Å². The molecule has 24 heavy (non-hydrogen) atoms. The number of hydrogen-bond donors (Lipinski definition) is 2. The molecule has 0 aliphatic heterocycles. The molecule has 0 aliphatic carbocycles. The molecule has 0 aromatic heterocycles. The normalized spacial score (nSPS) is 11.2. The molecule has 0 unspecified atom stereocenters. The van der Waals surface area contributed by atoms with Crippen LogP contribution in [0.15, 0.2) is 23.2 Å². The number of ether oxygens (including phenoxy) is 1. The van der Waals surface area contributed by atoms with E-state index in [4.69, 9.17) is 0 Å². The summed E-state index contributed by atoms with van der Waals surface area (Å²) in [6, 6.07) is 6.45. The van der Waals surface area contributed by atoms with Crippen LogP contribution < -0.4 is 10.6 Å². The van der Waals surface area contributed by atoms with Gasteiger partial charge in [0.25, 0.3) is 0 Å². The van der Waals surface area contributed by atoms with Crippen LogP contribution >= 0.6 is 0 Å². The highest BCUT2D eigenvalue weighted by Gasteiger charge is 2.02. The molecular formula is C19H31N3O2. The van der Waals surface area contributed by atoms with Gasteiger partial charge in [0, 0.05) is 19.5 Å². The standard InChI is InChI=1S/C19H31N3O2/c1-5-20-19(21-12-8-6-7-9-18(23)24-4)22-14-17-11-10-15(2)13-16(17)3/h10-11,13H,5-9,12,14H2,1-4H3,(H2,20,21,22). The lowest BCUT2D eigenvalue weighted by molar-refractivity contribution is -0.140. The Morgan fingerprint density at radius 3 is 2.62 bits per heavy atom. The van der Waals surface area contributed by atoms with Crippen molar-refractivity contribution in [3.05, 3.63) is 34.9 Å². The smallest absolute Gasteiger partial charge is 0.305 e. The van der Waals surface area contributed by atoms with Crippen molar-refractivity contribution in [2.45, 2.75) is 53.0 Å². The van der Waals surface area contributed by atoms with E-state index < -0.39 is 0 Å². The number of unbranched alkanes of at least 4 members (excludes halogenated alkanes) is 2. The number of methoxy groups -OCH3 is 1. The van der Waals surface area contributed by atoms with E-state index in [2.05, 4.69) is 59.3 Å². The second kappa shape index (κ2) is 11.5. The molecule has 0 heterocycles. The van der Waals surface area contributed by atoms with Crippen molar-refractivity contribution in [1.29, 1.82) is 0 Å². The SMILES string of the molecule is CCNC(=NCc1ccc(C)cc1C)NCCCCCC(=O)OC. The number of nitrogens with zero attached hydrogens (tertiary/aromatic N) is 1. The van der Waals surface area contributed by atoms with Crippen LogP contribution in [-0.2, 0) is 16.1 Å². The van der Waals surface area contributed by atoms with E-state index in [0.29, 0.717) is 13.0 Å². The zero-order chi connectivity index (χ0) is 17.8. The Balaban J connectivity index is 2.38. The molecular weight excluding hydrogens is 302 g/mol. The minimum atomic E-state index is -0.133. The second-order valence-electron chi connectivity index (χ2n) is 5.94. The Morgan fingerprint density at radius 1 is 1.17 bits per heavy atom. The molecule has 5 heteroatoms. The van der Waals surface area contributed by atoms with Gasteiger partial charge in [-0.15, -0.1) is 0 Å². The predicted octanol–water partition coefficient (Wildman–Crippen LogP) is 3.09. The van der Waals surface area contributed by atoms with Crippen molar-refractivity contribution in [3.8, 4) is 0 Å². The molecule has 0 saturated heterocycles. The Morgan fingerprint density at radius 2 is 1.96 bits per heavy atom. The number of rotatable bonds is 9. The van der Waals surface area contributed by atoms with E-state index >= 15 is 0 Å². The van der Waals surface area contributed by atoms with E-state index in [1.54, 1.807) is 0 Å². The van der Waals surface area contributed by atoms with Gasteiger partial charge in [-0.1, -0.05) is 30.2 Å². The molecule has 0 saturated carbocycles. The van der Waals surface area contributed by atoms with Gasteiger partial charge in [0.05, 0.1) is 13.7 Å². The number of aryl methyl sites for hydroxylation is 2. The largest absolute Gasteiger partial charge is 0.469 e. The first-order chi connectivity index (χ1) is 11.6. The van der Waals surface area contributed by atoms with Crippen molar-refractivity contribution >= 4 is 11.9 Å². The highest BCUT2D eigenvalue weighted by Crippen LogP contribution is 2.11. The summed E-state index contributed by atoms with van der Waals surface area (Å²) in [4.78, 5) is 15.7. The summed E-state index contributed by atoms with van der Waals surface area (Å²) < 4.78 is 4.63. The van der Waals surface area contributed by atoms with Gasteiger partial charge in [-0.05, 0) is 44.7 Å². The lowest BCUT2D eigenvalue weighted by Gasteiger charge is -2.12. The molecule has 1 rings (SSSR count). The first-order valence-electron chi connectivity index (χ1n) is 8.72. The number of benzene rings is 1. The van der Waals surface area contributed by atoms with Gasteiger partial charge >= 0.3 is 5.97 Å². The summed E-state index contributed by atoms with van der Waals surface area (Å²) >= 11 is 0. The number of esters is 1. The number of nitrogens with one attached hydrogen (secondary N) is 2. The van der Waals surface area contributed by atoms with Crippen molar-refractivity contribution in [2.75, 3.05) is 20.2 Å². The maximum Gasteiger partial charge on any atom is 0.305 e. The lowest BCUT2D eigenvalue weighted by Crippen LogP contribution is -2.37. The second-order valence-corrected chi connectivity index (χ2v) is 5.94. The average Bonchev–Trinajstić information content (AvgIpc) is 2.56. The molecule has 1 aromatic carbocycles. The highest BCUT2D eigenvalue weighted by atomic mass is 16.5. The van der Waals surface area contributed by atoms with Crippen LogP contribution in [0.25, 0.3) is 0 Å². The topological polar surface area (TPSA) is 62.7 Å². The van der Waals surface area contributed by atoms with Gasteiger partial charge in [0.1, 0.15) is 0 Å². The Labute approximate surface area is 145 Å². The van der Waals surface area contributed by atoms with Gasteiger partial charge in [0.2, 0.25) is 0 Å². The highest BCUT2D eigenvalue weighted by molar-refractivity contribution is 5.79. The van der Waals surface area contributed by atoms with E-state index in [1.807, 2.05) is 0 Å². The number of guanidine groups is 1. The molecule has 0 aliphatic rings. The molecule has 0 fully saturated rings. The van der Waals surface area contributed by atoms with Crippen molar-refractivity contribution in [1.82, 2.24) is 10.6 Å². The van der Waals surface area contributed by atoms with Crippen LogP contribution in [0, 0.1) is 13.8 Å². The maximum atomic E-state index is 11.0. The van der Waals surface area contributed by atoms with Crippen molar-refractivity contribution in [3.63, 3.8) is 0 Å². The molecule has 1 aromatic rings. The van der Waals surface area contributed by atoms with Gasteiger partial charge in [0.15, 0.2) is 5.96 Å². The fourth-order valence-electron chi connectivity index (χ4n) is 2.41. The van der Waals surface area contributed by atoms with Crippen LogP contribution in [0.3, 0.4) is 0 Å². The van der Waals surface area contributed by atoms with Crippen molar-refractivity contribution < 1.29 is 9.53 Å². The summed E-state index contributed by atoms with van der Waals surface area (Å²) in [7, 11) is 1.43. The molecule has 0 radical (unpaired) electrons. The summed E-state index contributed by atoms with van der Waals surface area (Å²) in [6.07, 6.45) is 3.37. The molecule has 134 valence electrons. The van der Waals surface area contributed by atoms with Gasteiger partial charge in [-0.25, -0.2) is 4.99 Å². The lowest BCUT2D eigenvalue weighted by atomic mass is 10.1. The minimum absolute atomic E-state index is 0.133. The first kappa shape index (κ1) is 20.0. The van der Waals surface area contributed by atoms with E-state index in [0.717, 1.165) is 38.3 Å². The van der Waals surface area contributed by atoms with Crippen LogP contribution in [0.5, 0.6) is 0 Å². The van der Waals surface area contributed by atoms with Gasteiger partial charge < -0.3 is 15.4 Å². The third-order valence-electron chi connectivity index (χ3n) is 3.83. The number of carbonyl (C=O) groups is 1. The molecule has 0 bridgehead atoms. The van der Waals surface area contributed by atoms with Crippen LogP contribution in [0.1, 0.15) is 49.3 Å². The zero-order valence-electron chi connectivity index (χ0n) is 15.4. The Bertz CT molecular complexity index is 541. The number of carbonyl (C=O) groups excluding carboxylic acids is 1. The maximum absolute atomic E-state index is 11.0. The summed E-state index contributed by atoms with van der Waals surface area (Å²) in [5, 5.41) is 6.61. The number of hydrogen-bond acceptors (Lipinski definition) is 3. The van der Waals surface area contributed by atoms with Gasteiger partial charge in [-0.2, -0.15) is 0 Å². The Kier molecular flexibility index (Phi) is 9.58. The quantitative estimate of drug-likeness (QED) is 0.315. The average molecular weight is 333 g/mol.